The average molecular weight is 755 g/mol. The number of ketones is 2. The second kappa shape index (κ2) is 13.4. The molecule has 2 unspecified atom stereocenters. The van der Waals surface area contributed by atoms with Crippen molar-refractivity contribution in [3.05, 3.63) is 117 Å². The second-order valence-electron chi connectivity index (χ2n) is 16.8. The number of Topliss-reactive ketones (excluding diaryl/α,β-unsaturated/α-hetero) is 2. The Morgan fingerprint density at radius 3 is 1.29 bits per heavy atom. The predicted octanol–water partition coefficient (Wildman–Crippen LogP) is 8.83. The normalized spacial score (nSPS) is 20.5. The quantitative estimate of drug-likeness (QED) is 0.184. The zero-order chi connectivity index (χ0) is 39.8. The lowest BCUT2D eigenvalue weighted by Crippen LogP contribution is -2.34. The summed E-state index contributed by atoms with van der Waals surface area (Å²) in [6.07, 6.45) is 2.15. The Balaban J connectivity index is 1.36. The number of allylic oxidation sites excluding steroid dienone is 4. The van der Waals surface area contributed by atoms with Gasteiger partial charge in [-0.2, -0.15) is 0 Å². The van der Waals surface area contributed by atoms with Gasteiger partial charge in [0.1, 0.15) is 11.5 Å². The molecule has 0 radical (unpaired) electrons. The van der Waals surface area contributed by atoms with Crippen LogP contribution >= 0.6 is 0 Å². The molecule has 0 amide bonds. The van der Waals surface area contributed by atoms with Gasteiger partial charge in [0.2, 0.25) is 0 Å². The number of rotatable bonds is 6. The minimum Gasteiger partial charge on any atom is -0.496 e. The summed E-state index contributed by atoms with van der Waals surface area (Å²) in [4.78, 5) is 53.3. The summed E-state index contributed by atoms with van der Waals surface area (Å²) in [6, 6.07) is 18.8. The van der Waals surface area contributed by atoms with E-state index in [4.69, 9.17) is 18.9 Å². The number of methoxy groups -OCH3 is 4. The van der Waals surface area contributed by atoms with E-state index in [9.17, 15) is 19.2 Å². The van der Waals surface area contributed by atoms with Crippen LogP contribution in [0, 0.1) is 10.8 Å². The van der Waals surface area contributed by atoms with Gasteiger partial charge in [-0.25, -0.2) is 9.59 Å². The Morgan fingerprint density at radius 2 is 0.929 bits per heavy atom. The molecule has 4 aromatic rings. The van der Waals surface area contributed by atoms with Crippen LogP contribution in [0.3, 0.4) is 0 Å². The number of carbonyl (C=O) groups excluding carboxylic acids is 4. The van der Waals surface area contributed by atoms with Crippen molar-refractivity contribution in [2.45, 2.75) is 65.2 Å². The molecule has 2 N–H and O–H groups in total. The number of benzene rings is 4. The highest BCUT2D eigenvalue weighted by Crippen LogP contribution is 2.56. The van der Waals surface area contributed by atoms with Crippen LogP contribution in [0.15, 0.2) is 83.2 Å². The standard InChI is InChI=1S/C46H46N2O8/c1-45(2)19-31-39(33(49)21-45)37(27-11-9-23(43(51)55-7)17-35(27)53-5)29-15-14-26-25(41(29)47-31)13-16-30-38(28-12-10-24(44(52)56-8)18-36(28)54-6)40-32(48-42(26)30)20-46(3,4)22-34(40)50/h9-18,37-38,47-48H,19-22H2,1-8H3. The topological polar surface area (TPSA) is 129 Å². The lowest BCUT2D eigenvalue weighted by Gasteiger charge is -2.41. The molecule has 2 aliphatic carbocycles. The molecule has 56 heavy (non-hydrogen) atoms. The molecule has 2 atom stereocenters. The monoisotopic (exact) mass is 754 g/mol. The van der Waals surface area contributed by atoms with Gasteiger partial charge in [-0.3, -0.25) is 9.59 Å². The lowest BCUT2D eigenvalue weighted by atomic mass is 9.67. The van der Waals surface area contributed by atoms with Gasteiger partial charge in [-0.1, -0.05) is 64.1 Å². The first-order valence-corrected chi connectivity index (χ1v) is 18.9. The highest BCUT2D eigenvalue weighted by molar-refractivity contribution is 6.11. The van der Waals surface area contributed by atoms with Crippen LogP contribution in [-0.4, -0.2) is 51.9 Å². The van der Waals surface area contributed by atoms with Gasteiger partial charge >= 0.3 is 11.9 Å². The fraction of sp³-hybridized carbons (Fsp3) is 0.348. The Morgan fingerprint density at radius 1 is 0.554 bits per heavy atom. The smallest absolute Gasteiger partial charge is 0.337 e. The zero-order valence-electron chi connectivity index (χ0n) is 33.0. The zero-order valence-corrected chi connectivity index (χ0v) is 33.0. The van der Waals surface area contributed by atoms with Crippen molar-refractivity contribution < 1.29 is 38.1 Å². The summed E-state index contributed by atoms with van der Waals surface area (Å²) < 4.78 is 21.8. The van der Waals surface area contributed by atoms with Gasteiger partial charge in [0, 0.05) is 69.1 Å². The highest BCUT2D eigenvalue weighted by atomic mass is 16.5. The molecular weight excluding hydrogens is 709 g/mol. The third-order valence-corrected chi connectivity index (χ3v) is 11.8. The van der Waals surface area contributed by atoms with Crippen LogP contribution in [0.25, 0.3) is 10.8 Å². The van der Waals surface area contributed by atoms with E-state index in [-0.39, 0.29) is 22.4 Å². The molecule has 8 rings (SSSR count). The summed E-state index contributed by atoms with van der Waals surface area (Å²) in [5.41, 5.74) is 8.51. The van der Waals surface area contributed by atoms with Crippen molar-refractivity contribution in [3.8, 4) is 11.5 Å². The Hall–Kier alpha value is -5.90. The van der Waals surface area contributed by atoms with Crippen molar-refractivity contribution in [2.24, 2.45) is 10.8 Å². The molecule has 0 spiro atoms. The largest absolute Gasteiger partial charge is 0.496 e. The Labute approximate surface area is 326 Å². The van der Waals surface area contributed by atoms with Crippen LogP contribution in [-0.2, 0) is 19.1 Å². The Kier molecular flexibility index (Phi) is 8.86. The molecule has 4 aromatic carbocycles. The number of carbonyl (C=O) groups is 4. The average Bonchev–Trinajstić information content (AvgIpc) is 3.17. The van der Waals surface area contributed by atoms with E-state index in [1.165, 1.54) is 14.2 Å². The first kappa shape index (κ1) is 37.0. The summed E-state index contributed by atoms with van der Waals surface area (Å²) >= 11 is 0. The van der Waals surface area contributed by atoms with E-state index in [2.05, 4.69) is 62.6 Å². The summed E-state index contributed by atoms with van der Waals surface area (Å²) in [7, 11) is 5.81. The summed E-state index contributed by atoms with van der Waals surface area (Å²) in [6.45, 7) is 8.45. The van der Waals surface area contributed by atoms with Crippen LogP contribution < -0.4 is 20.1 Å². The maximum Gasteiger partial charge on any atom is 0.337 e. The molecule has 4 aliphatic rings. The molecular formula is C46H46N2O8. The molecule has 2 aliphatic heterocycles. The van der Waals surface area contributed by atoms with Crippen LogP contribution in [0.2, 0.25) is 0 Å². The third kappa shape index (κ3) is 5.93. The van der Waals surface area contributed by atoms with Gasteiger partial charge < -0.3 is 29.6 Å². The molecule has 0 saturated heterocycles. The molecule has 0 saturated carbocycles. The van der Waals surface area contributed by atoms with Crippen LogP contribution in [0.1, 0.15) is 108 Å². The molecule has 10 nitrogen and oxygen atoms in total. The number of hydrogen-bond donors (Lipinski definition) is 2. The fourth-order valence-electron chi connectivity index (χ4n) is 9.41. The summed E-state index contributed by atoms with van der Waals surface area (Å²) in [5.74, 6) is -0.753. The molecule has 10 heteroatoms. The van der Waals surface area contributed by atoms with E-state index >= 15 is 0 Å². The SMILES string of the molecule is COC(=O)c1ccc(C2C3=C(CC(C)(C)CC3=O)Nc3c2ccc2c4c(ccc32)C(c2ccc(C(=O)OC)cc2OC)C2=C(CC(C)(C)CC2=O)N4)c(OC)c1. The van der Waals surface area contributed by atoms with Gasteiger partial charge in [0.25, 0.3) is 0 Å². The van der Waals surface area contributed by atoms with Gasteiger partial charge in [-0.15, -0.1) is 0 Å². The Bertz CT molecular complexity index is 2300. The van der Waals surface area contributed by atoms with Crippen molar-refractivity contribution in [2.75, 3.05) is 39.1 Å². The van der Waals surface area contributed by atoms with Crippen molar-refractivity contribution >= 4 is 45.7 Å². The maximum absolute atomic E-state index is 14.1. The predicted molar refractivity (Wildman–Crippen MR) is 214 cm³/mol. The van der Waals surface area contributed by atoms with Gasteiger partial charge in [-0.05, 0) is 59.1 Å². The number of hydrogen-bond acceptors (Lipinski definition) is 10. The van der Waals surface area contributed by atoms with E-state index in [1.54, 1.807) is 38.5 Å². The van der Waals surface area contributed by atoms with Crippen molar-refractivity contribution in [3.63, 3.8) is 0 Å². The van der Waals surface area contributed by atoms with Crippen molar-refractivity contribution in [1.29, 1.82) is 0 Å². The van der Waals surface area contributed by atoms with Crippen molar-refractivity contribution in [1.82, 2.24) is 0 Å². The third-order valence-electron chi connectivity index (χ3n) is 11.8. The van der Waals surface area contributed by atoms with Gasteiger partial charge in [0.15, 0.2) is 11.6 Å². The van der Waals surface area contributed by atoms with E-state index in [0.29, 0.717) is 59.5 Å². The molecule has 0 aromatic heterocycles. The first-order chi connectivity index (χ1) is 26.7. The summed E-state index contributed by atoms with van der Waals surface area (Å²) in [5, 5.41) is 9.41. The molecule has 2 heterocycles. The molecule has 0 bridgehead atoms. The van der Waals surface area contributed by atoms with Gasteiger partial charge in [0.05, 0.1) is 50.9 Å². The second-order valence-corrected chi connectivity index (χ2v) is 16.8. The number of nitrogens with one attached hydrogen (secondary N) is 2. The van der Waals surface area contributed by atoms with E-state index in [1.807, 2.05) is 12.1 Å². The number of ether oxygens (including phenoxy) is 4. The maximum atomic E-state index is 14.1. The minimum absolute atomic E-state index is 0.0738. The lowest BCUT2D eigenvalue weighted by molar-refractivity contribution is -0.119. The molecule has 0 fully saturated rings. The number of anilines is 2. The van der Waals surface area contributed by atoms with Crippen LogP contribution in [0.4, 0.5) is 11.4 Å². The number of fused-ring (bicyclic) bond motifs is 5. The first-order valence-electron chi connectivity index (χ1n) is 18.9. The van der Waals surface area contributed by atoms with E-state index in [0.717, 1.165) is 55.8 Å². The highest BCUT2D eigenvalue weighted by Gasteiger charge is 2.44. The fourth-order valence-corrected chi connectivity index (χ4v) is 9.41. The van der Waals surface area contributed by atoms with Crippen LogP contribution in [0.5, 0.6) is 11.5 Å². The van der Waals surface area contributed by atoms with E-state index < -0.39 is 23.8 Å². The minimum atomic E-state index is -0.476. The number of esters is 2. The molecule has 288 valence electrons.